The zero-order valence-electron chi connectivity index (χ0n) is 11.5. The number of carbonyl (C=O) groups excluding carboxylic acids is 1. The smallest absolute Gasteiger partial charge is 0.328 e. The van der Waals surface area contributed by atoms with Crippen LogP contribution < -0.4 is 10.6 Å². The molecule has 0 atom stereocenters. The summed E-state index contributed by atoms with van der Waals surface area (Å²) in [7, 11) is 0. The van der Waals surface area contributed by atoms with Gasteiger partial charge in [-0.1, -0.05) is 13.3 Å². The van der Waals surface area contributed by atoms with Crippen LogP contribution in [-0.4, -0.2) is 35.1 Å². The Hall–Kier alpha value is -2.37. The van der Waals surface area contributed by atoms with Crippen molar-refractivity contribution in [2.45, 2.75) is 19.8 Å². The van der Waals surface area contributed by atoms with E-state index in [1.165, 1.54) is 6.08 Å². The molecule has 20 heavy (non-hydrogen) atoms. The van der Waals surface area contributed by atoms with Crippen molar-refractivity contribution >= 4 is 23.8 Å². The fraction of sp³-hybridized carbons (Fsp3) is 0.357. The monoisotopic (exact) mass is 277 g/mol. The highest BCUT2D eigenvalue weighted by atomic mass is 16.4. The van der Waals surface area contributed by atoms with Gasteiger partial charge in [0.2, 0.25) is 5.91 Å². The maximum absolute atomic E-state index is 11.2. The minimum absolute atomic E-state index is 0.0604. The highest BCUT2D eigenvalue weighted by Crippen LogP contribution is 2.19. The van der Waals surface area contributed by atoms with Crippen LogP contribution in [-0.2, 0) is 9.59 Å². The number of nitrogens with two attached hydrogens (primary N) is 1. The fourth-order valence-electron chi connectivity index (χ4n) is 1.76. The molecule has 0 aliphatic carbocycles. The average molecular weight is 277 g/mol. The van der Waals surface area contributed by atoms with E-state index in [0.29, 0.717) is 17.9 Å². The number of pyridine rings is 1. The number of carboxylic acid groups (broad SMARTS) is 1. The summed E-state index contributed by atoms with van der Waals surface area (Å²) in [4.78, 5) is 27.8. The van der Waals surface area contributed by atoms with Crippen LogP contribution in [0, 0.1) is 0 Å². The summed E-state index contributed by atoms with van der Waals surface area (Å²) >= 11 is 0. The van der Waals surface area contributed by atoms with E-state index in [0.717, 1.165) is 18.9 Å². The Morgan fingerprint density at radius 1 is 1.50 bits per heavy atom. The Morgan fingerprint density at radius 2 is 2.25 bits per heavy atom. The van der Waals surface area contributed by atoms with E-state index in [2.05, 4.69) is 4.98 Å². The molecule has 1 amide bonds. The number of primary amides is 1. The summed E-state index contributed by atoms with van der Waals surface area (Å²) in [6.07, 6.45) is 5.98. The number of nitrogens with zero attached hydrogens (tertiary/aromatic N) is 2. The lowest BCUT2D eigenvalue weighted by Gasteiger charge is -2.23. The normalized spacial score (nSPS) is 10.7. The van der Waals surface area contributed by atoms with Crippen molar-refractivity contribution in [3.63, 3.8) is 0 Å². The van der Waals surface area contributed by atoms with Crippen molar-refractivity contribution in [3.05, 3.63) is 30.0 Å². The first-order valence-electron chi connectivity index (χ1n) is 6.44. The second-order valence-corrected chi connectivity index (χ2v) is 4.33. The molecule has 1 heterocycles. The number of hydrogen-bond donors (Lipinski definition) is 2. The molecular weight excluding hydrogens is 258 g/mol. The summed E-state index contributed by atoms with van der Waals surface area (Å²) < 4.78 is 0. The molecule has 0 unspecified atom stereocenters. The predicted molar refractivity (Wildman–Crippen MR) is 77.2 cm³/mol. The Kier molecular flexibility index (Phi) is 6.22. The van der Waals surface area contributed by atoms with Gasteiger partial charge >= 0.3 is 5.97 Å². The van der Waals surface area contributed by atoms with Crippen molar-refractivity contribution in [1.29, 1.82) is 0 Å². The lowest BCUT2D eigenvalue weighted by atomic mass is 10.2. The molecule has 0 bridgehead atoms. The van der Waals surface area contributed by atoms with E-state index in [9.17, 15) is 9.59 Å². The van der Waals surface area contributed by atoms with Crippen LogP contribution >= 0.6 is 0 Å². The molecule has 6 heteroatoms. The number of anilines is 1. The van der Waals surface area contributed by atoms with Crippen molar-refractivity contribution in [2.24, 2.45) is 5.73 Å². The number of rotatable bonds is 8. The Labute approximate surface area is 117 Å². The third kappa shape index (κ3) is 5.09. The highest BCUT2D eigenvalue weighted by molar-refractivity contribution is 5.87. The van der Waals surface area contributed by atoms with Crippen LogP contribution in [0.1, 0.15) is 25.3 Å². The van der Waals surface area contributed by atoms with Gasteiger partial charge in [-0.2, -0.15) is 0 Å². The van der Waals surface area contributed by atoms with E-state index in [4.69, 9.17) is 10.8 Å². The Balaban J connectivity index is 3.04. The molecule has 0 spiro atoms. The molecule has 3 N–H and O–H groups in total. The summed E-state index contributed by atoms with van der Waals surface area (Å²) in [5.41, 5.74) is 5.90. The van der Waals surface area contributed by atoms with Crippen LogP contribution in [0.2, 0.25) is 0 Å². The van der Waals surface area contributed by atoms with E-state index in [1.807, 2.05) is 6.92 Å². The van der Waals surface area contributed by atoms with Gasteiger partial charge in [0.25, 0.3) is 0 Å². The lowest BCUT2D eigenvalue weighted by molar-refractivity contribution is -0.131. The average Bonchev–Trinajstić information content (AvgIpc) is 2.41. The standard InChI is InChI=1S/C14H19N3O3/c1-2-3-9-17(10-12(15)18)14-11(5-4-8-16-14)6-7-13(19)20/h4-8H,2-3,9-10H2,1H3,(H2,15,18)(H,19,20)/b7-6+. The lowest BCUT2D eigenvalue weighted by Crippen LogP contribution is -2.35. The molecule has 0 saturated heterocycles. The number of unbranched alkanes of at least 4 members (excludes halogenated alkanes) is 1. The maximum atomic E-state index is 11.2. The Morgan fingerprint density at radius 3 is 2.85 bits per heavy atom. The second-order valence-electron chi connectivity index (χ2n) is 4.33. The molecule has 108 valence electrons. The predicted octanol–water partition coefficient (Wildman–Crippen LogP) is 1.27. The van der Waals surface area contributed by atoms with Gasteiger partial charge in [-0.3, -0.25) is 4.79 Å². The molecule has 1 rings (SSSR count). The third-order valence-corrected chi connectivity index (χ3v) is 2.65. The number of amides is 1. The van der Waals surface area contributed by atoms with Gasteiger partial charge in [0, 0.05) is 24.4 Å². The van der Waals surface area contributed by atoms with Crippen molar-refractivity contribution in [3.8, 4) is 0 Å². The highest BCUT2D eigenvalue weighted by Gasteiger charge is 2.13. The van der Waals surface area contributed by atoms with E-state index < -0.39 is 11.9 Å². The van der Waals surface area contributed by atoms with Crippen LogP contribution in [0.5, 0.6) is 0 Å². The van der Waals surface area contributed by atoms with Gasteiger partial charge < -0.3 is 15.7 Å². The topological polar surface area (TPSA) is 96.5 Å². The summed E-state index contributed by atoms with van der Waals surface area (Å²) in [6, 6.07) is 3.47. The molecule has 0 saturated carbocycles. The van der Waals surface area contributed by atoms with Gasteiger partial charge in [-0.15, -0.1) is 0 Å². The largest absolute Gasteiger partial charge is 0.478 e. The van der Waals surface area contributed by atoms with Crippen molar-refractivity contribution in [2.75, 3.05) is 18.0 Å². The maximum Gasteiger partial charge on any atom is 0.328 e. The number of hydrogen-bond acceptors (Lipinski definition) is 4. The first kappa shape index (κ1) is 15.7. The number of aromatic nitrogens is 1. The van der Waals surface area contributed by atoms with Gasteiger partial charge in [-0.25, -0.2) is 9.78 Å². The van der Waals surface area contributed by atoms with E-state index in [1.54, 1.807) is 23.2 Å². The van der Waals surface area contributed by atoms with Crippen molar-refractivity contribution < 1.29 is 14.7 Å². The number of carbonyl (C=O) groups is 2. The molecule has 6 nitrogen and oxygen atoms in total. The summed E-state index contributed by atoms with van der Waals surface area (Å²) in [5, 5.41) is 8.70. The zero-order valence-corrected chi connectivity index (χ0v) is 11.5. The van der Waals surface area contributed by atoms with Crippen LogP contribution in [0.3, 0.4) is 0 Å². The van der Waals surface area contributed by atoms with Crippen molar-refractivity contribution in [1.82, 2.24) is 4.98 Å². The van der Waals surface area contributed by atoms with Crippen LogP contribution in [0.4, 0.5) is 5.82 Å². The first-order chi connectivity index (χ1) is 9.54. The minimum Gasteiger partial charge on any atom is -0.478 e. The SMILES string of the molecule is CCCCN(CC(N)=O)c1ncccc1/C=C/C(=O)O. The fourth-order valence-corrected chi connectivity index (χ4v) is 1.76. The summed E-state index contributed by atoms with van der Waals surface area (Å²) in [6.45, 7) is 2.75. The Bertz CT molecular complexity index is 500. The molecule has 0 aliphatic rings. The van der Waals surface area contributed by atoms with Gasteiger partial charge in [0.15, 0.2) is 0 Å². The minimum atomic E-state index is -1.03. The first-order valence-corrected chi connectivity index (χ1v) is 6.44. The van der Waals surface area contributed by atoms with Crippen LogP contribution in [0.15, 0.2) is 24.4 Å². The number of aliphatic carboxylic acids is 1. The molecule has 0 aliphatic heterocycles. The molecule has 1 aromatic rings. The van der Waals surface area contributed by atoms with Gasteiger partial charge in [0.1, 0.15) is 5.82 Å². The second kappa shape index (κ2) is 7.93. The van der Waals surface area contributed by atoms with Gasteiger partial charge in [0.05, 0.1) is 6.54 Å². The quantitative estimate of drug-likeness (QED) is 0.697. The molecule has 0 aromatic carbocycles. The van der Waals surface area contributed by atoms with E-state index in [-0.39, 0.29) is 6.54 Å². The summed E-state index contributed by atoms with van der Waals surface area (Å²) in [5.74, 6) is -0.910. The van der Waals surface area contributed by atoms with Crippen LogP contribution in [0.25, 0.3) is 6.08 Å². The molecule has 0 fully saturated rings. The molecule has 1 aromatic heterocycles. The molecule has 0 radical (unpaired) electrons. The third-order valence-electron chi connectivity index (χ3n) is 2.65. The van der Waals surface area contributed by atoms with E-state index >= 15 is 0 Å². The molecular formula is C14H19N3O3. The zero-order chi connectivity index (χ0) is 15.0. The number of carboxylic acids is 1. The van der Waals surface area contributed by atoms with Gasteiger partial charge in [-0.05, 0) is 24.6 Å².